The van der Waals surface area contributed by atoms with Gasteiger partial charge in [-0.1, -0.05) is 48.4 Å². The number of hydrogen-bond acceptors (Lipinski definition) is 2. The fraction of sp³-hybridized carbons (Fsp3) is 0.375. The Labute approximate surface area is 130 Å². The van der Waals surface area contributed by atoms with Gasteiger partial charge in [-0.25, -0.2) is 0 Å². The molecule has 0 saturated carbocycles. The van der Waals surface area contributed by atoms with E-state index in [0.29, 0.717) is 5.02 Å². The first-order valence-corrected chi connectivity index (χ1v) is 7.43. The third kappa shape index (κ3) is 4.08. The van der Waals surface area contributed by atoms with Crippen LogP contribution in [-0.2, 0) is 11.3 Å². The number of halogens is 1. The summed E-state index contributed by atoms with van der Waals surface area (Å²) in [4.78, 5) is 12.1. The van der Waals surface area contributed by atoms with E-state index in [2.05, 4.69) is 41.6 Å². The lowest BCUT2D eigenvalue weighted by Gasteiger charge is -2.17. The zero-order valence-corrected chi connectivity index (χ0v) is 13.3. The summed E-state index contributed by atoms with van der Waals surface area (Å²) < 4.78 is 1.56. The molecule has 0 aliphatic rings. The van der Waals surface area contributed by atoms with Gasteiger partial charge in [-0.2, -0.15) is 5.10 Å². The number of benzene rings is 1. The van der Waals surface area contributed by atoms with E-state index in [1.807, 2.05) is 13.8 Å². The number of aryl methyl sites for hydroxylation is 2. The largest absolute Gasteiger partial charge is 0.348 e. The molecule has 1 heterocycles. The highest BCUT2D eigenvalue weighted by Crippen LogP contribution is 2.17. The van der Waals surface area contributed by atoms with Crippen molar-refractivity contribution in [1.29, 1.82) is 0 Å². The van der Waals surface area contributed by atoms with Gasteiger partial charge in [-0.3, -0.25) is 9.48 Å². The second-order valence-corrected chi connectivity index (χ2v) is 5.61. The minimum Gasteiger partial charge on any atom is -0.348 e. The van der Waals surface area contributed by atoms with E-state index >= 15 is 0 Å². The predicted molar refractivity (Wildman–Crippen MR) is 84.3 cm³/mol. The lowest BCUT2D eigenvalue weighted by Crippen LogP contribution is -2.31. The van der Waals surface area contributed by atoms with Crippen LogP contribution in [0.25, 0.3) is 0 Å². The highest BCUT2D eigenvalue weighted by Gasteiger charge is 2.13. The monoisotopic (exact) mass is 305 g/mol. The van der Waals surface area contributed by atoms with Gasteiger partial charge in [0.05, 0.1) is 16.8 Å². The third-order valence-electron chi connectivity index (χ3n) is 3.42. The molecule has 2 aromatic rings. The molecule has 0 aliphatic carbocycles. The van der Waals surface area contributed by atoms with Crippen molar-refractivity contribution in [2.45, 2.75) is 39.8 Å². The lowest BCUT2D eigenvalue weighted by molar-refractivity contribution is -0.122. The third-order valence-corrected chi connectivity index (χ3v) is 3.79. The topological polar surface area (TPSA) is 46.9 Å². The van der Waals surface area contributed by atoms with Crippen LogP contribution >= 0.6 is 11.6 Å². The summed E-state index contributed by atoms with van der Waals surface area (Å²) >= 11 is 5.94. The molecule has 1 aromatic carbocycles. The summed E-state index contributed by atoms with van der Waals surface area (Å²) in [6, 6.07) is 8.24. The Morgan fingerprint density at radius 1 is 1.33 bits per heavy atom. The average Bonchev–Trinajstić information content (AvgIpc) is 2.75. The smallest absolute Gasteiger partial charge is 0.242 e. The molecular weight excluding hydrogens is 286 g/mol. The maximum atomic E-state index is 12.1. The van der Waals surface area contributed by atoms with Crippen LogP contribution in [0.1, 0.15) is 36.2 Å². The Bertz CT molecular complexity index is 599. The maximum absolute atomic E-state index is 12.1. The molecule has 1 aromatic heterocycles. The summed E-state index contributed by atoms with van der Waals surface area (Å²) in [5.74, 6) is -0.0680. The van der Waals surface area contributed by atoms with Crippen LogP contribution in [0, 0.1) is 13.8 Å². The van der Waals surface area contributed by atoms with Gasteiger partial charge in [0.15, 0.2) is 0 Å². The van der Waals surface area contributed by atoms with Crippen LogP contribution < -0.4 is 5.32 Å². The number of amides is 1. The van der Waals surface area contributed by atoms with Gasteiger partial charge in [0.25, 0.3) is 0 Å². The lowest BCUT2D eigenvalue weighted by atomic mass is 10.0. The van der Waals surface area contributed by atoms with E-state index < -0.39 is 0 Å². The quantitative estimate of drug-likeness (QED) is 0.920. The Kier molecular flexibility index (Phi) is 5.02. The van der Waals surface area contributed by atoms with E-state index in [4.69, 9.17) is 11.6 Å². The zero-order chi connectivity index (χ0) is 15.4. The van der Waals surface area contributed by atoms with E-state index in [-0.39, 0.29) is 18.5 Å². The fourth-order valence-corrected chi connectivity index (χ4v) is 2.33. The molecule has 0 fully saturated rings. The van der Waals surface area contributed by atoms with Gasteiger partial charge >= 0.3 is 0 Å². The normalized spacial score (nSPS) is 12.2. The minimum atomic E-state index is -0.0680. The second kappa shape index (κ2) is 6.76. The highest BCUT2D eigenvalue weighted by molar-refractivity contribution is 6.31. The molecular formula is C16H20ClN3O. The molecule has 21 heavy (non-hydrogen) atoms. The van der Waals surface area contributed by atoms with Gasteiger partial charge in [0.2, 0.25) is 5.91 Å². The summed E-state index contributed by atoms with van der Waals surface area (Å²) in [5, 5.41) is 7.81. The Balaban J connectivity index is 2.01. The van der Waals surface area contributed by atoms with Crippen LogP contribution in [0.4, 0.5) is 0 Å². The molecule has 5 heteroatoms. The van der Waals surface area contributed by atoms with Crippen LogP contribution in [0.2, 0.25) is 5.02 Å². The number of rotatable bonds is 5. The Morgan fingerprint density at radius 2 is 2.00 bits per heavy atom. The number of nitrogens with one attached hydrogen (secondary N) is 1. The second-order valence-electron chi connectivity index (χ2n) is 5.20. The van der Waals surface area contributed by atoms with Crippen molar-refractivity contribution in [2.75, 3.05) is 0 Å². The van der Waals surface area contributed by atoms with Crippen LogP contribution in [0.3, 0.4) is 0 Å². The van der Waals surface area contributed by atoms with E-state index in [1.165, 1.54) is 5.56 Å². The number of nitrogens with zero attached hydrogens (tertiary/aromatic N) is 2. The molecule has 1 amide bonds. The molecule has 2 rings (SSSR count). The van der Waals surface area contributed by atoms with Crippen LogP contribution in [0.15, 0.2) is 30.5 Å². The SMILES string of the molecule is CCC(NC(=O)Cn1cc(Cl)c(C)n1)c1ccc(C)cc1. The molecule has 1 unspecified atom stereocenters. The standard InChI is InChI=1S/C16H20ClN3O/c1-4-15(13-7-5-11(2)6-8-13)18-16(21)10-20-9-14(17)12(3)19-20/h5-9,15H,4,10H2,1-3H3,(H,18,21). The molecule has 0 spiro atoms. The predicted octanol–water partition coefficient (Wildman–Crippen LogP) is 3.42. The first-order chi connectivity index (χ1) is 9.99. The van der Waals surface area contributed by atoms with Crippen molar-refractivity contribution in [2.24, 2.45) is 0 Å². The maximum Gasteiger partial charge on any atom is 0.242 e. The molecule has 0 saturated heterocycles. The molecule has 1 atom stereocenters. The Morgan fingerprint density at radius 3 is 2.52 bits per heavy atom. The average molecular weight is 306 g/mol. The molecule has 0 bridgehead atoms. The van der Waals surface area contributed by atoms with E-state index in [9.17, 15) is 4.79 Å². The molecule has 112 valence electrons. The fourth-order valence-electron chi connectivity index (χ4n) is 2.18. The highest BCUT2D eigenvalue weighted by atomic mass is 35.5. The first-order valence-electron chi connectivity index (χ1n) is 7.05. The number of aromatic nitrogens is 2. The summed E-state index contributed by atoms with van der Waals surface area (Å²) in [5.41, 5.74) is 3.06. The summed E-state index contributed by atoms with van der Waals surface area (Å²) in [6.07, 6.45) is 2.51. The molecule has 1 N–H and O–H groups in total. The minimum absolute atomic E-state index is 0.0187. The van der Waals surface area contributed by atoms with Crippen molar-refractivity contribution < 1.29 is 4.79 Å². The summed E-state index contributed by atoms with van der Waals surface area (Å²) in [7, 11) is 0. The molecule has 4 nitrogen and oxygen atoms in total. The van der Waals surface area contributed by atoms with E-state index in [0.717, 1.165) is 17.7 Å². The van der Waals surface area contributed by atoms with Crippen molar-refractivity contribution in [3.63, 3.8) is 0 Å². The van der Waals surface area contributed by atoms with Gasteiger partial charge in [0, 0.05) is 6.20 Å². The van der Waals surface area contributed by atoms with Gasteiger partial charge in [-0.05, 0) is 25.8 Å². The van der Waals surface area contributed by atoms with Crippen molar-refractivity contribution in [3.8, 4) is 0 Å². The van der Waals surface area contributed by atoms with Crippen molar-refractivity contribution in [1.82, 2.24) is 15.1 Å². The van der Waals surface area contributed by atoms with E-state index in [1.54, 1.807) is 10.9 Å². The molecule has 0 aliphatic heterocycles. The van der Waals surface area contributed by atoms with Gasteiger partial charge in [-0.15, -0.1) is 0 Å². The number of carbonyl (C=O) groups is 1. The molecule has 0 radical (unpaired) electrons. The van der Waals surface area contributed by atoms with Crippen LogP contribution in [-0.4, -0.2) is 15.7 Å². The number of hydrogen-bond donors (Lipinski definition) is 1. The van der Waals surface area contributed by atoms with Gasteiger partial charge < -0.3 is 5.32 Å². The van der Waals surface area contributed by atoms with Crippen molar-refractivity contribution in [3.05, 3.63) is 52.3 Å². The Hall–Kier alpha value is -1.81. The first kappa shape index (κ1) is 15.6. The van der Waals surface area contributed by atoms with Crippen molar-refractivity contribution >= 4 is 17.5 Å². The van der Waals surface area contributed by atoms with Crippen LogP contribution in [0.5, 0.6) is 0 Å². The summed E-state index contributed by atoms with van der Waals surface area (Å²) in [6.45, 7) is 6.10. The number of carbonyl (C=O) groups excluding carboxylic acids is 1. The zero-order valence-electron chi connectivity index (χ0n) is 12.6. The van der Waals surface area contributed by atoms with Gasteiger partial charge in [0.1, 0.15) is 6.54 Å².